The van der Waals surface area contributed by atoms with Gasteiger partial charge in [0.2, 0.25) is 0 Å². The van der Waals surface area contributed by atoms with Crippen LogP contribution in [0.15, 0.2) is 24.3 Å². The monoisotopic (exact) mass is 316 g/mol. The van der Waals surface area contributed by atoms with Gasteiger partial charge in [-0.2, -0.15) is 0 Å². The van der Waals surface area contributed by atoms with Crippen molar-refractivity contribution in [3.05, 3.63) is 47.0 Å². The molecule has 1 aliphatic rings. The Hall–Kier alpha value is -1.44. The fraction of sp³-hybridized carbons (Fsp3) is 0.524. The number of rotatable bonds is 4. The molecule has 23 heavy (non-hydrogen) atoms. The van der Waals surface area contributed by atoms with Gasteiger partial charge in [0.05, 0.1) is 0 Å². The Morgan fingerprint density at radius 2 is 1.70 bits per heavy atom. The number of aryl methyl sites for hydroxylation is 1. The Morgan fingerprint density at radius 3 is 2.35 bits per heavy atom. The van der Waals surface area contributed by atoms with Crippen LogP contribution >= 0.6 is 0 Å². The van der Waals surface area contributed by atoms with Crippen LogP contribution in [0.1, 0.15) is 69.4 Å². The van der Waals surface area contributed by atoms with Gasteiger partial charge in [-0.1, -0.05) is 38.8 Å². The van der Waals surface area contributed by atoms with Gasteiger partial charge < -0.3 is 0 Å². The van der Waals surface area contributed by atoms with Crippen LogP contribution in [0, 0.1) is 17.6 Å². The minimum Gasteiger partial charge on any atom is -0.203 e. The number of hydrogen-bond acceptors (Lipinski definition) is 0. The Kier molecular flexibility index (Phi) is 4.99. The van der Waals surface area contributed by atoms with Gasteiger partial charge in [-0.3, -0.25) is 0 Å². The Labute approximate surface area is 137 Å². The Bertz CT molecular complexity index is 682. The molecule has 2 aromatic carbocycles. The molecule has 1 aliphatic carbocycles. The standard InChI is InChI=1S/C21H26F2/c1-3-5-14-6-8-16(9-7-14)17-10-11-18-12-15(4-2)20(22)21(23)19(18)13-17/h10-14,16H,3-9H2,1-2H3. The molecule has 2 aromatic rings. The van der Waals surface area contributed by atoms with Crippen molar-refractivity contribution in [1.82, 2.24) is 0 Å². The van der Waals surface area contributed by atoms with E-state index in [0.717, 1.165) is 11.3 Å². The lowest BCUT2D eigenvalue weighted by molar-refractivity contribution is 0.308. The number of fused-ring (bicyclic) bond motifs is 1. The van der Waals surface area contributed by atoms with E-state index in [0.29, 0.717) is 23.3 Å². The summed E-state index contributed by atoms with van der Waals surface area (Å²) in [6.45, 7) is 4.10. The van der Waals surface area contributed by atoms with E-state index in [1.807, 2.05) is 19.1 Å². The second-order valence-corrected chi connectivity index (χ2v) is 7.00. The van der Waals surface area contributed by atoms with Crippen molar-refractivity contribution in [2.24, 2.45) is 5.92 Å². The summed E-state index contributed by atoms with van der Waals surface area (Å²) < 4.78 is 28.4. The molecule has 0 radical (unpaired) electrons. The Balaban J connectivity index is 1.87. The topological polar surface area (TPSA) is 0 Å². The quantitative estimate of drug-likeness (QED) is 0.585. The van der Waals surface area contributed by atoms with Crippen LogP contribution < -0.4 is 0 Å². The molecule has 3 rings (SSSR count). The van der Waals surface area contributed by atoms with Gasteiger partial charge in [-0.25, -0.2) is 8.78 Å². The first-order chi connectivity index (χ1) is 11.1. The third-order valence-electron chi connectivity index (χ3n) is 5.51. The molecule has 0 unspecified atom stereocenters. The fourth-order valence-electron chi connectivity index (χ4n) is 4.10. The van der Waals surface area contributed by atoms with E-state index < -0.39 is 11.6 Å². The molecule has 0 heterocycles. The third-order valence-corrected chi connectivity index (χ3v) is 5.51. The fourth-order valence-corrected chi connectivity index (χ4v) is 4.10. The highest BCUT2D eigenvalue weighted by Crippen LogP contribution is 2.38. The van der Waals surface area contributed by atoms with E-state index >= 15 is 0 Å². The normalized spacial score (nSPS) is 21.7. The van der Waals surface area contributed by atoms with Gasteiger partial charge in [0, 0.05) is 5.39 Å². The molecule has 0 spiro atoms. The molecule has 124 valence electrons. The van der Waals surface area contributed by atoms with Gasteiger partial charge in [0.25, 0.3) is 0 Å². The van der Waals surface area contributed by atoms with Crippen LogP contribution in [0.4, 0.5) is 8.78 Å². The maximum Gasteiger partial charge on any atom is 0.166 e. The molecule has 0 N–H and O–H groups in total. The van der Waals surface area contributed by atoms with E-state index in [-0.39, 0.29) is 0 Å². The molecule has 2 heteroatoms. The first-order valence-electron chi connectivity index (χ1n) is 9.04. The highest BCUT2D eigenvalue weighted by Gasteiger charge is 2.22. The molecule has 1 fully saturated rings. The van der Waals surface area contributed by atoms with Gasteiger partial charge in [0.15, 0.2) is 11.6 Å². The van der Waals surface area contributed by atoms with Crippen LogP contribution in [0.25, 0.3) is 10.8 Å². The van der Waals surface area contributed by atoms with Crippen LogP contribution in [0.5, 0.6) is 0 Å². The van der Waals surface area contributed by atoms with Crippen LogP contribution in [-0.2, 0) is 6.42 Å². The zero-order valence-corrected chi connectivity index (χ0v) is 14.2. The maximum absolute atomic E-state index is 14.4. The number of hydrogen-bond donors (Lipinski definition) is 0. The minimum absolute atomic E-state index is 0.438. The van der Waals surface area contributed by atoms with Crippen LogP contribution in [-0.4, -0.2) is 0 Å². The first-order valence-corrected chi connectivity index (χ1v) is 9.04. The first kappa shape index (κ1) is 16.4. The maximum atomic E-state index is 14.4. The molecule has 0 amide bonds. The van der Waals surface area contributed by atoms with E-state index in [1.165, 1.54) is 44.1 Å². The summed E-state index contributed by atoms with van der Waals surface area (Å²) in [7, 11) is 0. The van der Waals surface area contributed by atoms with Crippen molar-refractivity contribution in [3.8, 4) is 0 Å². The lowest BCUT2D eigenvalue weighted by atomic mass is 9.77. The molecular formula is C21H26F2. The zero-order valence-electron chi connectivity index (χ0n) is 14.2. The van der Waals surface area contributed by atoms with Crippen molar-refractivity contribution in [2.45, 2.75) is 64.7 Å². The number of halogens is 2. The summed E-state index contributed by atoms with van der Waals surface area (Å²) in [6, 6.07) is 7.75. The SMILES string of the molecule is CCCC1CCC(c2ccc3cc(CC)c(F)c(F)c3c2)CC1. The molecule has 1 saturated carbocycles. The summed E-state index contributed by atoms with van der Waals surface area (Å²) in [5.41, 5.74) is 1.64. The van der Waals surface area contributed by atoms with Crippen molar-refractivity contribution in [1.29, 1.82) is 0 Å². The summed E-state index contributed by atoms with van der Waals surface area (Å²) in [4.78, 5) is 0. The van der Waals surface area contributed by atoms with Crippen molar-refractivity contribution in [2.75, 3.05) is 0 Å². The van der Waals surface area contributed by atoms with Crippen molar-refractivity contribution < 1.29 is 8.78 Å². The molecular weight excluding hydrogens is 290 g/mol. The molecule has 0 aromatic heterocycles. The average molecular weight is 316 g/mol. The number of benzene rings is 2. The van der Waals surface area contributed by atoms with Crippen LogP contribution in [0.2, 0.25) is 0 Å². The summed E-state index contributed by atoms with van der Waals surface area (Å²) in [6.07, 6.45) is 7.98. The predicted octanol–water partition coefficient (Wildman–Crippen LogP) is 6.75. The summed E-state index contributed by atoms with van der Waals surface area (Å²) in [5, 5.41) is 1.25. The summed E-state index contributed by atoms with van der Waals surface area (Å²) in [5.74, 6) is 0.00323. The molecule has 0 aliphatic heterocycles. The highest BCUT2D eigenvalue weighted by molar-refractivity contribution is 5.84. The van der Waals surface area contributed by atoms with E-state index in [4.69, 9.17) is 0 Å². The van der Waals surface area contributed by atoms with Crippen molar-refractivity contribution in [3.63, 3.8) is 0 Å². The predicted molar refractivity (Wildman–Crippen MR) is 92.8 cm³/mol. The Morgan fingerprint density at radius 1 is 0.957 bits per heavy atom. The van der Waals surface area contributed by atoms with Crippen molar-refractivity contribution >= 4 is 10.8 Å². The summed E-state index contributed by atoms with van der Waals surface area (Å²) >= 11 is 0. The van der Waals surface area contributed by atoms with Crippen LogP contribution in [0.3, 0.4) is 0 Å². The van der Waals surface area contributed by atoms with Gasteiger partial charge in [-0.05, 0) is 72.6 Å². The zero-order chi connectivity index (χ0) is 16.4. The second kappa shape index (κ2) is 6.98. The van der Waals surface area contributed by atoms with E-state index in [1.54, 1.807) is 6.07 Å². The minimum atomic E-state index is -0.680. The molecule has 0 atom stereocenters. The van der Waals surface area contributed by atoms with E-state index in [2.05, 4.69) is 13.0 Å². The largest absolute Gasteiger partial charge is 0.203 e. The highest BCUT2D eigenvalue weighted by atomic mass is 19.2. The third kappa shape index (κ3) is 3.27. The molecule has 0 saturated heterocycles. The lowest BCUT2D eigenvalue weighted by Crippen LogP contribution is -2.13. The molecule has 0 bridgehead atoms. The average Bonchev–Trinajstić information content (AvgIpc) is 2.59. The van der Waals surface area contributed by atoms with E-state index in [9.17, 15) is 8.78 Å². The van der Waals surface area contributed by atoms with Gasteiger partial charge in [-0.15, -0.1) is 0 Å². The lowest BCUT2D eigenvalue weighted by Gasteiger charge is -2.28. The van der Waals surface area contributed by atoms with Gasteiger partial charge in [0.1, 0.15) is 0 Å². The smallest absolute Gasteiger partial charge is 0.166 e. The molecule has 0 nitrogen and oxygen atoms in total. The second-order valence-electron chi connectivity index (χ2n) is 7.00. The van der Waals surface area contributed by atoms with Gasteiger partial charge >= 0.3 is 0 Å².